The van der Waals surface area contributed by atoms with Gasteiger partial charge in [-0.15, -0.1) is 34.9 Å². The van der Waals surface area contributed by atoms with Crippen molar-refractivity contribution in [3.8, 4) is 40.0 Å². The summed E-state index contributed by atoms with van der Waals surface area (Å²) < 4.78 is 12.5. The SMILES string of the molecule is CC(O)CC(C)O.COc1c[c-]c(-c2nnc(-c3ccc(OC)cc3)n2-c2ccccc2)cc1.[Ir]. The molecule has 3 aromatic carbocycles. The van der Waals surface area contributed by atoms with Gasteiger partial charge in [0.1, 0.15) is 5.75 Å². The Balaban J connectivity index is 0.000000476. The molecule has 0 aliphatic carbocycles. The summed E-state index contributed by atoms with van der Waals surface area (Å²) in [6.45, 7) is 3.32. The molecule has 0 spiro atoms. The van der Waals surface area contributed by atoms with Gasteiger partial charge in [-0.25, -0.2) is 0 Å². The second-order valence-electron chi connectivity index (χ2n) is 7.82. The van der Waals surface area contributed by atoms with Crippen LogP contribution in [0.4, 0.5) is 0 Å². The van der Waals surface area contributed by atoms with Crippen molar-refractivity contribution in [1.82, 2.24) is 14.8 Å². The zero-order valence-electron chi connectivity index (χ0n) is 20.2. The Morgan fingerprint density at radius 3 is 1.86 bits per heavy atom. The van der Waals surface area contributed by atoms with Gasteiger partial charge in [-0.05, 0) is 56.7 Å². The van der Waals surface area contributed by atoms with Crippen molar-refractivity contribution in [3.05, 3.63) is 78.9 Å². The van der Waals surface area contributed by atoms with Crippen LogP contribution >= 0.6 is 0 Å². The van der Waals surface area contributed by atoms with E-state index >= 15 is 0 Å². The average Bonchev–Trinajstić information content (AvgIpc) is 3.29. The smallest absolute Gasteiger partial charge is 0.159 e. The number of hydrogen-bond acceptors (Lipinski definition) is 6. The van der Waals surface area contributed by atoms with Crippen LogP contribution in [0.25, 0.3) is 28.5 Å². The molecule has 0 amide bonds. The van der Waals surface area contributed by atoms with Crippen molar-refractivity contribution in [2.75, 3.05) is 14.2 Å². The third-order valence-corrected chi connectivity index (χ3v) is 4.97. The first-order chi connectivity index (χ1) is 16.4. The molecule has 8 heteroatoms. The van der Waals surface area contributed by atoms with Gasteiger partial charge >= 0.3 is 0 Å². The molecule has 4 rings (SSSR count). The van der Waals surface area contributed by atoms with E-state index < -0.39 is 0 Å². The number of para-hydroxylation sites is 1. The maximum Gasteiger partial charge on any atom is 0.159 e. The van der Waals surface area contributed by atoms with Crippen LogP contribution in [0.5, 0.6) is 11.5 Å². The van der Waals surface area contributed by atoms with Crippen molar-refractivity contribution in [2.24, 2.45) is 0 Å². The molecule has 0 aliphatic rings. The zero-order chi connectivity index (χ0) is 24.5. The van der Waals surface area contributed by atoms with Gasteiger partial charge in [-0.3, -0.25) is 0 Å². The fourth-order valence-electron chi connectivity index (χ4n) is 3.38. The van der Waals surface area contributed by atoms with Crippen molar-refractivity contribution in [2.45, 2.75) is 32.5 Å². The largest absolute Gasteiger partial charge is 0.540 e. The number of hydrogen-bond donors (Lipinski definition) is 2. The molecule has 1 aromatic heterocycles. The number of aromatic nitrogens is 3. The van der Waals surface area contributed by atoms with E-state index in [1.807, 2.05) is 71.3 Å². The number of benzene rings is 3. The van der Waals surface area contributed by atoms with Crippen LogP contribution in [0.2, 0.25) is 0 Å². The summed E-state index contributed by atoms with van der Waals surface area (Å²) >= 11 is 0. The maximum atomic E-state index is 8.56. The minimum absolute atomic E-state index is 0. The van der Waals surface area contributed by atoms with Crippen LogP contribution in [-0.4, -0.2) is 51.4 Å². The fraction of sp³-hybridized carbons (Fsp3) is 0.259. The molecule has 1 radical (unpaired) electrons. The van der Waals surface area contributed by atoms with E-state index in [0.29, 0.717) is 6.42 Å². The molecule has 0 bridgehead atoms. The number of aliphatic hydroxyl groups excluding tert-OH is 2. The summed E-state index contributed by atoms with van der Waals surface area (Å²) in [6.07, 6.45) is -0.278. The number of rotatable bonds is 7. The zero-order valence-corrected chi connectivity index (χ0v) is 22.6. The number of nitrogens with zero attached hydrogens (tertiary/aromatic N) is 3. The van der Waals surface area contributed by atoms with Crippen LogP contribution < -0.4 is 9.47 Å². The topological polar surface area (TPSA) is 89.6 Å². The number of aliphatic hydroxyl groups is 2. The summed E-state index contributed by atoms with van der Waals surface area (Å²) in [5, 5.41) is 26.0. The summed E-state index contributed by atoms with van der Waals surface area (Å²) in [5.74, 6) is 3.02. The van der Waals surface area contributed by atoms with Gasteiger partial charge in [0, 0.05) is 37.1 Å². The molecule has 7 nitrogen and oxygen atoms in total. The average molecular weight is 653 g/mol. The first-order valence-electron chi connectivity index (χ1n) is 11.0. The Kier molecular flexibility index (Phi) is 11.1. The van der Waals surface area contributed by atoms with E-state index in [0.717, 1.165) is 40.0 Å². The Hall–Kier alpha value is -3.03. The number of methoxy groups -OCH3 is 2. The fourth-order valence-corrected chi connectivity index (χ4v) is 3.38. The molecule has 2 atom stereocenters. The molecule has 2 N–H and O–H groups in total. The van der Waals surface area contributed by atoms with E-state index in [-0.39, 0.29) is 32.3 Å². The van der Waals surface area contributed by atoms with Gasteiger partial charge in [0.25, 0.3) is 0 Å². The second kappa shape index (κ2) is 13.8. The Labute approximate surface area is 219 Å². The van der Waals surface area contributed by atoms with Gasteiger partial charge in [-0.2, -0.15) is 5.10 Å². The first-order valence-corrected chi connectivity index (χ1v) is 11.0. The molecule has 2 unspecified atom stereocenters. The molecule has 0 fully saturated rings. The third-order valence-electron chi connectivity index (χ3n) is 4.97. The van der Waals surface area contributed by atoms with Gasteiger partial charge < -0.3 is 24.3 Å². The maximum absolute atomic E-state index is 8.56. The van der Waals surface area contributed by atoms with Crippen LogP contribution in [0.1, 0.15) is 20.3 Å². The van der Waals surface area contributed by atoms with Gasteiger partial charge in [0.15, 0.2) is 5.82 Å². The van der Waals surface area contributed by atoms with Gasteiger partial charge in [0.05, 0.1) is 32.3 Å². The van der Waals surface area contributed by atoms with Gasteiger partial charge in [0.2, 0.25) is 0 Å². The predicted molar refractivity (Wildman–Crippen MR) is 132 cm³/mol. The Bertz CT molecular complexity index is 1070. The Morgan fingerprint density at radius 2 is 1.37 bits per heavy atom. The standard InChI is InChI=1S/C22H18N3O2.C5H12O2.Ir/c1-26-19-12-8-16(9-13-19)21-23-24-22(17-10-14-20(27-2)15-11-17)25(21)18-6-4-3-5-7-18;1-4(6)3-5(2)7;/h3-10,12-15H,1-2H3;4-7H,3H2,1-2H3;/q-1;;. The van der Waals surface area contributed by atoms with E-state index in [4.69, 9.17) is 19.7 Å². The van der Waals surface area contributed by atoms with E-state index in [1.165, 1.54) is 0 Å². The molecule has 1 heterocycles. The minimum atomic E-state index is -0.375. The molecule has 0 aliphatic heterocycles. The molecular weight excluding hydrogens is 623 g/mol. The summed E-state index contributed by atoms with van der Waals surface area (Å²) in [5.41, 5.74) is 2.77. The Morgan fingerprint density at radius 1 is 0.800 bits per heavy atom. The van der Waals surface area contributed by atoms with E-state index in [1.54, 1.807) is 34.1 Å². The van der Waals surface area contributed by atoms with Crippen LogP contribution in [0.15, 0.2) is 72.8 Å². The van der Waals surface area contributed by atoms with Crippen molar-refractivity contribution in [3.63, 3.8) is 0 Å². The third kappa shape index (κ3) is 7.73. The van der Waals surface area contributed by atoms with E-state index in [2.05, 4.69) is 16.3 Å². The predicted octanol–water partition coefficient (Wildman–Crippen LogP) is 4.55. The monoisotopic (exact) mass is 653 g/mol. The van der Waals surface area contributed by atoms with Crippen LogP contribution in [0, 0.1) is 6.07 Å². The first kappa shape index (κ1) is 28.2. The molecule has 0 saturated heterocycles. The van der Waals surface area contributed by atoms with Crippen molar-refractivity contribution < 1.29 is 39.8 Å². The summed E-state index contributed by atoms with van der Waals surface area (Å²) in [6, 6.07) is 26.7. The second-order valence-corrected chi connectivity index (χ2v) is 7.82. The molecule has 0 saturated carbocycles. The summed E-state index contributed by atoms with van der Waals surface area (Å²) in [7, 11) is 3.29. The van der Waals surface area contributed by atoms with Crippen molar-refractivity contribution >= 4 is 0 Å². The van der Waals surface area contributed by atoms with E-state index in [9.17, 15) is 0 Å². The number of ether oxygens (including phenoxy) is 2. The normalized spacial score (nSPS) is 11.9. The summed E-state index contributed by atoms with van der Waals surface area (Å²) in [4.78, 5) is 0. The molecule has 4 aromatic rings. The molecular formula is C27H30IrN3O4-. The van der Waals surface area contributed by atoms with Crippen molar-refractivity contribution in [1.29, 1.82) is 0 Å². The van der Waals surface area contributed by atoms with Crippen LogP contribution in [-0.2, 0) is 20.1 Å². The minimum Gasteiger partial charge on any atom is -0.540 e. The van der Waals surface area contributed by atoms with Crippen LogP contribution in [0.3, 0.4) is 0 Å². The molecule has 35 heavy (non-hydrogen) atoms. The quantitative estimate of drug-likeness (QED) is 0.285. The molecule has 187 valence electrons. The van der Waals surface area contributed by atoms with Gasteiger partial charge in [-0.1, -0.05) is 18.2 Å².